The molecule has 1 heterocycles. The number of nitrogens with zero attached hydrogens (tertiary/aromatic N) is 1. The Hall–Kier alpha value is -3.82. The molecule has 0 radical (unpaired) electrons. The molecule has 1 aromatic heterocycles. The summed E-state index contributed by atoms with van der Waals surface area (Å²) in [6.45, 7) is -0.0279. The molecule has 0 N–H and O–H groups in total. The number of halogens is 2. The molecule has 4 aromatic rings. The molecule has 7 nitrogen and oxygen atoms in total. The fourth-order valence-electron chi connectivity index (χ4n) is 3.77. The smallest absolute Gasteiger partial charge is 0.344 e. The van der Waals surface area contributed by atoms with Crippen LogP contribution in [-0.4, -0.2) is 38.3 Å². The highest BCUT2D eigenvalue weighted by molar-refractivity contribution is 7.98. The summed E-state index contributed by atoms with van der Waals surface area (Å²) in [6, 6.07) is 16.2. The molecule has 0 aliphatic heterocycles. The predicted octanol–water partition coefficient (Wildman–Crippen LogP) is 6.48. The summed E-state index contributed by atoms with van der Waals surface area (Å²) in [4.78, 5) is 29.8. The third-order valence-electron chi connectivity index (χ3n) is 5.65. The molecular weight excluding hydrogens is 533 g/mol. The van der Waals surface area contributed by atoms with E-state index in [1.165, 1.54) is 45.2 Å². The second-order valence-corrected chi connectivity index (χ2v) is 9.33. The van der Waals surface area contributed by atoms with Crippen molar-refractivity contribution in [2.75, 3.05) is 21.3 Å². The Morgan fingerprint density at radius 2 is 1.71 bits per heavy atom. The lowest BCUT2D eigenvalue weighted by molar-refractivity contribution is 0.0586. The zero-order valence-electron chi connectivity index (χ0n) is 20.7. The van der Waals surface area contributed by atoms with E-state index < -0.39 is 17.8 Å². The van der Waals surface area contributed by atoms with Crippen LogP contribution in [0, 0.1) is 5.82 Å². The minimum absolute atomic E-state index is 0.0279. The molecule has 3 aromatic carbocycles. The molecule has 4 rings (SSSR count). The van der Waals surface area contributed by atoms with E-state index in [1.807, 2.05) is 12.1 Å². The van der Waals surface area contributed by atoms with Gasteiger partial charge in [-0.25, -0.2) is 19.0 Å². The van der Waals surface area contributed by atoms with Crippen LogP contribution in [0.25, 0.3) is 10.9 Å². The Bertz CT molecular complexity index is 1510. The zero-order valence-corrected chi connectivity index (χ0v) is 22.3. The van der Waals surface area contributed by atoms with Crippen molar-refractivity contribution in [1.82, 2.24) is 4.98 Å². The maximum Gasteiger partial charge on any atom is 0.344 e. The van der Waals surface area contributed by atoms with Gasteiger partial charge in [0.15, 0.2) is 0 Å². The number of carbonyl (C=O) groups is 2. The van der Waals surface area contributed by atoms with E-state index in [-0.39, 0.29) is 22.9 Å². The lowest BCUT2D eigenvalue weighted by atomic mass is 10.1. The number of ether oxygens (including phenoxy) is 4. The number of thioether (sulfide) groups is 1. The van der Waals surface area contributed by atoms with E-state index in [4.69, 9.17) is 30.5 Å². The van der Waals surface area contributed by atoms with Crippen molar-refractivity contribution in [2.24, 2.45) is 0 Å². The number of para-hydroxylation sites is 1. The van der Waals surface area contributed by atoms with Crippen molar-refractivity contribution in [1.29, 1.82) is 0 Å². The Morgan fingerprint density at radius 3 is 2.42 bits per heavy atom. The molecule has 0 spiro atoms. The topological polar surface area (TPSA) is 84.0 Å². The lowest BCUT2D eigenvalue weighted by Gasteiger charge is -2.17. The quantitative estimate of drug-likeness (QED) is 0.171. The van der Waals surface area contributed by atoms with E-state index in [9.17, 15) is 14.0 Å². The first-order valence-electron chi connectivity index (χ1n) is 11.3. The second kappa shape index (κ2) is 12.1. The predicted molar refractivity (Wildman–Crippen MR) is 143 cm³/mol. The van der Waals surface area contributed by atoms with Crippen LogP contribution < -0.4 is 9.47 Å². The highest BCUT2D eigenvalue weighted by Gasteiger charge is 2.25. The van der Waals surface area contributed by atoms with Crippen molar-refractivity contribution in [3.8, 4) is 11.5 Å². The number of methoxy groups -OCH3 is 3. The summed E-state index contributed by atoms with van der Waals surface area (Å²) < 4.78 is 35.1. The summed E-state index contributed by atoms with van der Waals surface area (Å²) in [5, 5.41) is 1.23. The minimum atomic E-state index is -0.638. The van der Waals surface area contributed by atoms with Gasteiger partial charge in [0.1, 0.15) is 34.5 Å². The van der Waals surface area contributed by atoms with Crippen LogP contribution in [-0.2, 0) is 21.8 Å². The van der Waals surface area contributed by atoms with Gasteiger partial charge in [0.2, 0.25) is 0 Å². The summed E-state index contributed by atoms with van der Waals surface area (Å²) in [7, 11) is 4.08. The molecular formula is C28H23ClFNO6S. The Kier molecular flexibility index (Phi) is 8.70. The fourth-order valence-corrected chi connectivity index (χ4v) is 5.11. The first-order chi connectivity index (χ1) is 18.4. The molecule has 0 atom stereocenters. The largest absolute Gasteiger partial charge is 0.496 e. The van der Waals surface area contributed by atoms with E-state index in [0.717, 1.165) is 0 Å². The highest BCUT2D eigenvalue weighted by Crippen LogP contribution is 2.38. The van der Waals surface area contributed by atoms with Crippen LogP contribution in [0.5, 0.6) is 11.5 Å². The molecule has 38 heavy (non-hydrogen) atoms. The molecule has 0 saturated carbocycles. The minimum Gasteiger partial charge on any atom is -0.496 e. The summed E-state index contributed by atoms with van der Waals surface area (Å²) in [5.74, 6) is -0.497. The van der Waals surface area contributed by atoms with E-state index in [0.29, 0.717) is 44.1 Å². The summed E-state index contributed by atoms with van der Waals surface area (Å²) in [5.41, 5.74) is 2.30. The maximum atomic E-state index is 13.5. The first kappa shape index (κ1) is 27.2. The molecule has 0 saturated heterocycles. The molecule has 196 valence electrons. The van der Waals surface area contributed by atoms with E-state index in [2.05, 4.69) is 4.98 Å². The number of hydrogen-bond donors (Lipinski definition) is 0. The number of rotatable bonds is 9. The van der Waals surface area contributed by atoms with Gasteiger partial charge in [-0.2, -0.15) is 0 Å². The number of hydrogen-bond acceptors (Lipinski definition) is 8. The number of carbonyl (C=O) groups excluding carboxylic acids is 2. The van der Waals surface area contributed by atoms with Crippen LogP contribution >= 0.6 is 23.4 Å². The van der Waals surface area contributed by atoms with Gasteiger partial charge in [-0.1, -0.05) is 29.8 Å². The van der Waals surface area contributed by atoms with Crippen LogP contribution in [0.15, 0.2) is 65.7 Å². The van der Waals surface area contributed by atoms with Gasteiger partial charge < -0.3 is 18.9 Å². The molecule has 0 fully saturated rings. The molecule has 0 aliphatic rings. The number of pyridine rings is 1. The summed E-state index contributed by atoms with van der Waals surface area (Å²) in [6.07, 6.45) is 0. The SMILES string of the molecule is COC(=O)c1ccc(OC)c(COc2c(C(=O)OC)c(SCc3ccc(F)cc3Cl)nc3ccccc23)c1. The van der Waals surface area contributed by atoms with Crippen LogP contribution in [0.4, 0.5) is 4.39 Å². The third kappa shape index (κ3) is 5.84. The molecule has 10 heteroatoms. The van der Waals surface area contributed by atoms with Crippen molar-refractivity contribution in [3.63, 3.8) is 0 Å². The fraction of sp³-hybridized carbons (Fsp3) is 0.179. The zero-order chi connectivity index (χ0) is 27.2. The van der Waals surface area contributed by atoms with E-state index >= 15 is 0 Å². The number of fused-ring (bicyclic) bond motifs is 1. The number of benzene rings is 3. The normalized spacial score (nSPS) is 10.8. The van der Waals surface area contributed by atoms with Crippen molar-refractivity contribution in [2.45, 2.75) is 17.4 Å². The molecule has 0 bridgehead atoms. The van der Waals surface area contributed by atoms with Gasteiger partial charge >= 0.3 is 11.9 Å². The monoisotopic (exact) mass is 555 g/mol. The van der Waals surface area contributed by atoms with E-state index in [1.54, 1.807) is 36.4 Å². The number of aromatic nitrogens is 1. The Morgan fingerprint density at radius 1 is 0.947 bits per heavy atom. The second-order valence-electron chi connectivity index (χ2n) is 7.96. The standard InChI is InChI=1S/C28H23ClFNO6S/c1-34-23-11-9-16(27(32)35-2)12-18(23)14-37-25-20-6-4-5-7-22(20)31-26(24(25)28(33)36-3)38-15-17-8-10-19(30)13-21(17)29/h4-13H,14-15H2,1-3H3. The van der Waals surface area contributed by atoms with Crippen LogP contribution in [0.1, 0.15) is 31.8 Å². The van der Waals surface area contributed by atoms with Gasteiger partial charge in [0.05, 0.1) is 32.4 Å². The number of esters is 2. The van der Waals surface area contributed by atoms with Crippen molar-refractivity contribution < 1.29 is 32.9 Å². The first-order valence-corrected chi connectivity index (χ1v) is 12.7. The van der Waals surface area contributed by atoms with Gasteiger partial charge in [0, 0.05) is 21.7 Å². The average Bonchev–Trinajstić information content (AvgIpc) is 2.94. The Balaban J connectivity index is 1.77. The van der Waals surface area contributed by atoms with Crippen molar-refractivity contribution in [3.05, 3.63) is 93.8 Å². The average molecular weight is 556 g/mol. The third-order valence-corrected chi connectivity index (χ3v) is 7.03. The van der Waals surface area contributed by atoms with Crippen LogP contribution in [0.2, 0.25) is 5.02 Å². The van der Waals surface area contributed by atoms with Gasteiger partial charge in [-0.3, -0.25) is 0 Å². The summed E-state index contributed by atoms with van der Waals surface area (Å²) >= 11 is 7.46. The maximum absolute atomic E-state index is 13.5. The van der Waals surface area contributed by atoms with Gasteiger partial charge in [0.25, 0.3) is 0 Å². The molecule has 0 aliphatic carbocycles. The highest BCUT2D eigenvalue weighted by atomic mass is 35.5. The van der Waals surface area contributed by atoms with Crippen molar-refractivity contribution >= 4 is 46.2 Å². The van der Waals surface area contributed by atoms with Crippen LogP contribution in [0.3, 0.4) is 0 Å². The molecule has 0 amide bonds. The molecule has 0 unspecified atom stereocenters. The lowest BCUT2D eigenvalue weighted by Crippen LogP contribution is -2.11. The van der Waals surface area contributed by atoms with Gasteiger partial charge in [-0.15, -0.1) is 11.8 Å². The van der Waals surface area contributed by atoms with Gasteiger partial charge in [-0.05, 0) is 48.0 Å². The Labute approximate surface area is 227 Å².